The Hall–Kier alpha value is -1.60. The van der Waals surface area contributed by atoms with Crippen LogP contribution >= 0.6 is 27.7 Å². The number of hydrogen-bond donors (Lipinski definition) is 0. The third-order valence-electron chi connectivity index (χ3n) is 2.72. The average Bonchev–Trinajstić information content (AvgIpc) is 3.05. The summed E-state index contributed by atoms with van der Waals surface area (Å²) in [5.41, 5.74) is 0.899. The zero-order valence-corrected chi connectivity index (χ0v) is 13.1. The van der Waals surface area contributed by atoms with E-state index in [1.54, 1.807) is 6.20 Å². The molecule has 20 heavy (non-hydrogen) atoms. The van der Waals surface area contributed by atoms with Gasteiger partial charge >= 0.3 is 0 Å². The molecule has 0 saturated carbocycles. The van der Waals surface area contributed by atoms with E-state index in [9.17, 15) is 0 Å². The van der Waals surface area contributed by atoms with E-state index in [0.29, 0.717) is 16.9 Å². The van der Waals surface area contributed by atoms with Gasteiger partial charge in [-0.25, -0.2) is 4.98 Å². The van der Waals surface area contributed by atoms with Crippen molar-refractivity contribution in [2.24, 2.45) is 7.05 Å². The van der Waals surface area contributed by atoms with Crippen molar-refractivity contribution in [3.05, 3.63) is 47.0 Å². The topological polar surface area (TPSA) is 56.7 Å². The van der Waals surface area contributed by atoms with Crippen LogP contribution < -0.4 is 0 Å². The zero-order chi connectivity index (χ0) is 13.9. The summed E-state index contributed by atoms with van der Waals surface area (Å²) < 4.78 is 8.60. The SMILES string of the molecule is Cn1ccnc1CSc1nnc(-c2cccc(Br)c2)o1. The van der Waals surface area contributed by atoms with Gasteiger partial charge in [0.2, 0.25) is 5.89 Å². The number of imidazole rings is 1. The number of aromatic nitrogens is 4. The second-order valence-corrected chi connectivity index (χ2v) is 5.97. The molecule has 0 spiro atoms. The van der Waals surface area contributed by atoms with Gasteiger partial charge in [0.25, 0.3) is 5.22 Å². The number of thioether (sulfide) groups is 1. The Kier molecular flexibility index (Phi) is 3.88. The molecule has 1 aromatic carbocycles. The van der Waals surface area contributed by atoms with Gasteiger partial charge in [0.05, 0.1) is 5.75 Å². The summed E-state index contributed by atoms with van der Waals surface area (Å²) in [4.78, 5) is 4.25. The van der Waals surface area contributed by atoms with E-state index >= 15 is 0 Å². The highest BCUT2D eigenvalue weighted by Crippen LogP contribution is 2.26. The summed E-state index contributed by atoms with van der Waals surface area (Å²) in [5.74, 6) is 2.19. The maximum atomic E-state index is 5.65. The predicted molar refractivity (Wildman–Crippen MR) is 80.2 cm³/mol. The Morgan fingerprint density at radius 3 is 3.00 bits per heavy atom. The van der Waals surface area contributed by atoms with Gasteiger partial charge in [-0.05, 0) is 18.2 Å². The fraction of sp³-hybridized carbons (Fsp3) is 0.154. The Morgan fingerprint density at radius 2 is 2.25 bits per heavy atom. The van der Waals surface area contributed by atoms with E-state index in [0.717, 1.165) is 15.9 Å². The van der Waals surface area contributed by atoms with E-state index in [1.807, 2.05) is 42.1 Å². The zero-order valence-electron chi connectivity index (χ0n) is 10.7. The Balaban J connectivity index is 1.72. The maximum absolute atomic E-state index is 5.65. The smallest absolute Gasteiger partial charge is 0.277 e. The molecule has 0 bridgehead atoms. The van der Waals surface area contributed by atoms with Gasteiger partial charge in [-0.3, -0.25) is 0 Å². The van der Waals surface area contributed by atoms with Crippen molar-refractivity contribution < 1.29 is 4.42 Å². The van der Waals surface area contributed by atoms with Crippen LogP contribution in [0.25, 0.3) is 11.5 Å². The molecule has 7 heteroatoms. The van der Waals surface area contributed by atoms with Crippen molar-refractivity contribution in [3.8, 4) is 11.5 Å². The van der Waals surface area contributed by atoms with E-state index in [1.165, 1.54) is 11.8 Å². The molecule has 102 valence electrons. The summed E-state index contributed by atoms with van der Waals surface area (Å²) in [6.45, 7) is 0. The molecule has 3 aromatic rings. The van der Waals surface area contributed by atoms with Crippen LogP contribution in [0.4, 0.5) is 0 Å². The first-order valence-corrected chi connectivity index (χ1v) is 7.68. The van der Waals surface area contributed by atoms with Gasteiger partial charge in [-0.15, -0.1) is 10.2 Å². The van der Waals surface area contributed by atoms with Gasteiger partial charge in [-0.2, -0.15) is 0 Å². The van der Waals surface area contributed by atoms with Crippen molar-refractivity contribution in [1.29, 1.82) is 0 Å². The fourth-order valence-corrected chi connectivity index (χ4v) is 2.83. The van der Waals surface area contributed by atoms with Crippen molar-refractivity contribution >= 4 is 27.7 Å². The molecule has 2 heterocycles. The van der Waals surface area contributed by atoms with E-state index in [2.05, 4.69) is 31.1 Å². The van der Waals surface area contributed by atoms with Gasteiger partial charge in [-0.1, -0.05) is 33.8 Å². The summed E-state index contributed by atoms with van der Waals surface area (Å²) in [6, 6.07) is 7.77. The summed E-state index contributed by atoms with van der Waals surface area (Å²) in [7, 11) is 1.96. The molecule has 0 aliphatic rings. The molecule has 0 radical (unpaired) electrons. The minimum absolute atomic E-state index is 0.522. The van der Waals surface area contributed by atoms with Gasteiger partial charge < -0.3 is 8.98 Å². The minimum Gasteiger partial charge on any atom is -0.411 e. The fourth-order valence-electron chi connectivity index (χ4n) is 1.67. The Morgan fingerprint density at radius 1 is 1.35 bits per heavy atom. The Bertz CT molecular complexity index is 724. The molecule has 0 aliphatic carbocycles. The van der Waals surface area contributed by atoms with Gasteiger partial charge in [0.15, 0.2) is 0 Å². The molecule has 0 atom stereocenters. The van der Waals surface area contributed by atoms with Crippen molar-refractivity contribution in [3.63, 3.8) is 0 Å². The van der Waals surface area contributed by atoms with Crippen LogP contribution in [0.15, 0.2) is 50.8 Å². The van der Waals surface area contributed by atoms with Crippen LogP contribution in [0.5, 0.6) is 0 Å². The van der Waals surface area contributed by atoms with Crippen molar-refractivity contribution in [2.45, 2.75) is 11.0 Å². The molecule has 3 rings (SSSR count). The van der Waals surface area contributed by atoms with Crippen LogP contribution in [0, 0.1) is 0 Å². The summed E-state index contributed by atoms with van der Waals surface area (Å²) in [6.07, 6.45) is 3.69. The second kappa shape index (κ2) is 5.80. The molecular weight excluding hydrogens is 340 g/mol. The minimum atomic E-state index is 0.522. The average molecular weight is 351 g/mol. The molecule has 0 aliphatic heterocycles. The molecule has 0 N–H and O–H groups in total. The lowest BCUT2D eigenvalue weighted by atomic mass is 10.2. The normalized spacial score (nSPS) is 10.9. The first kappa shape index (κ1) is 13.4. The highest BCUT2D eigenvalue weighted by molar-refractivity contribution is 9.10. The highest BCUT2D eigenvalue weighted by Gasteiger charge is 2.10. The van der Waals surface area contributed by atoms with Crippen LogP contribution in [0.2, 0.25) is 0 Å². The lowest BCUT2D eigenvalue weighted by molar-refractivity contribution is 0.465. The molecule has 2 aromatic heterocycles. The van der Waals surface area contributed by atoms with Crippen LogP contribution in [-0.4, -0.2) is 19.7 Å². The van der Waals surface area contributed by atoms with Gasteiger partial charge in [0, 0.05) is 29.5 Å². The van der Waals surface area contributed by atoms with E-state index in [4.69, 9.17) is 4.42 Å². The third kappa shape index (κ3) is 2.94. The molecular formula is C13H11BrN4OS. The molecule has 5 nitrogen and oxygen atoms in total. The highest BCUT2D eigenvalue weighted by atomic mass is 79.9. The maximum Gasteiger partial charge on any atom is 0.277 e. The number of aryl methyl sites for hydroxylation is 1. The van der Waals surface area contributed by atoms with Crippen LogP contribution in [0.3, 0.4) is 0 Å². The van der Waals surface area contributed by atoms with E-state index < -0.39 is 0 Å². The van der Waals surface area contributed by atoms with Crippen molar-refractivity contribution in [1.82, 2.24) is 19.7 Å². The standard InChI is InChI=1S/C13H11BrN4OS/c1-18-6-5-15-11(18)8-20-13-17-16-12(19-13)9-3-2-4-10(14)7-9/h2-7H,8H2,1H3. The molecule has 0 unspecified atom stereocenters. The second-order valence-electron chi connectivity index (χ2n) is 4.13. The molecule has 0 fully saturated rings. The molecule has 0 amide bonds. The lowest BCUT2D eigenvalue weighted by Gasteiger charge is -1.98. The number of rotatable bonds is 4. The molecule has 0 saturated heterocycles. The quantitative estimate of drug-likeness (QED) is 0.673. The monoisotopic (exact) mass is 350 g/mol. The van der Waals surface area contributed by atoms with Crippen LogP contribution in [0.1, 0.15) is 5.82 Å². The predicted octanol–water partition coefficient (Wildman–Crippen LogP) is 3.52. The van der Waals surface area contributed by atoms with Crippen molar-refractivity contribution in [2.75, 3.05) is 0 Å². The van der Waals surface area contributed by atoms with Crippen LogP contribution in [-0.2, 0) is 12.8 Å². The van der Waals surface area contributed by atoms with Gasteiger partial charge in [0.1, 0.15) is 5.82 Å². The summed E-state index contributed by atoms with van der Waals surface area (Å²) in [5, 5.41) is 8.65. The van der Waals surface area contributed by atoms with E-state index in [-0.39, 0.29) is 0 Å². The lowest BCUT2D eigenvalue weighted by Crippen LogP contribution is -1.94. The summed E-state index contributed by atoms with van der Waals surface area (Å²) >= 11 is 4.90. The number of benzene rings is 1. The number of nitrogens with zero attached hydrogens (tertiary/aromatic N) is 4. The largest absolute Gasteiger partial charge is 0.411 e. The number of hydrogen-bond acceptors (Lipinski definition) is 5. The number of halogens is 1. The third-order valence-corrected chi connectivity index (χ3v) is 4.03. The first-order valence-electron chi connectivity index (χ1n) is 5.91. The Labute approximate surface area is 128 Å². The first-order chi connectivity index (χ1) is 9.72.